The topological polar surface area (TPSA) is 140 Å². The minimum absolute atomic E-state index is 0.294. The third kappa shape index (κ3) is 28.3. The summed E-state index contributed by atoms with van der Waals surface area (Å²) in [6, 6.07) is 0. The zero-order chi connectivity index (χ0) is 24.2. The van der Waals surface area contributed by atoms with Gasteiger partial charge in [-0.1, -0.05) is 6.08 Å². The molecule has 12 heteroatoms. The van der Waals surface area contributed by atoms with Crippen LogP contribution in [0.15, 0.2) is 12.7 Å². The maximum atomic E-state index is 11.3. The molecule has 0 bridgehead atoms. The van der Waals surface area contributed by atoms with Gasteiger partial charge >= 0.3 is 5.97 Å². The van der Waals surface area contributed by atoms with Crippen molar-refractivity contribution in [1.29, 1.82) is 0 Å². The van der Waals surface area contributed by atoms with Crippen LogP contribution in [0.2, 0.25) is 0 Å². The fraction of sp³-hybridized carbons (Fsp3) is 0.810. The summed E-state index contributed by atoms with van der Waals surface area (Å²) in [7, 11) is 0. The summed E-state index contributed by atoms with van der Waals surface area (Å²) in [4.78, 5) is 21.5. The van der Waals surface area contributed by atoms with Crippen molar-refractivity contribution in [3.05, 3.63) is 12.7 Å². The third-order valence-electron chi connectivity index (χ3n) is 3.50. The predicted octanol–water partition coefficient (Wildman–Crippen LogP) is -0.494. The number of hydrogen-bond donors (Lipinski definition) is 2. The molecule has 0 saturated heterocycles. The van der Waals surface area contributed by atoms with Gasteiger partial charge in [0, 0.05) is 6.54 Å². The van der Waals surface area contributed by atoms with Crippen molar-refractivity contribution in [2.45, 2.75) is 0 Å². The SMILES string of the molecule is C=CCOCCOCCOCCOCCOCCOCCOCCNC(=O)COCC(=O)O. The van der Waals surface area contributed by atoms with Crippen LogP contribution >= 0.6 is 0 Å². The van der Waals surface area contributed by atoms with E-state index in [4.69, 9.17) is 38.3 Å². The summed E-state index contributed by atoms with van der Waals surface area (Å²) in [5, 5.41) is 10.9. The fourth-order valence-corrected chi connectivity index (χ4v) is 2.03. The average Bonchev–Trinajstić information content (AvgIpc) is 2.79. The van der Waals surface area contributed by atoms with Crippen molar-refractivity contribution in [3.8, 4) is 0 Å². The van der Waals surface area contributed by atoms with Crippen LogP contribution in [0, 0.1) is 0 Å². The largest absolute Gasteiger partial charge is 0.480 e. The monoisotopic (exact) mass is 481 g/mol. The first-order valence-electron chi connectivity index (χ1n) is 10.9. The lowest BCUT2D eigenvalue weighted by Gasteiger charge is -2.08. The van der Waals surface area contributed by atoms with E-state index in [0.717, 1.165) is 0 Å². The Morgan fingerprint density at radius 2 is 1.00 bits per heavy atom. The van der Waals surface area contributed by atoms with Gasteiger partial charge in [-0.25, -0.2) is 4.79 Å². The minimum Gasteiger partial charge on any atom is -0.480 e. The molecule has 0 rings (SSSR count). The van der Waals surface area contributed by atoms with E-state index in [1.54, 1.807) is 6.08 Å². The lowest BCUT2D eigenvalue weighted by Crippen LogP contribution is -2.31. The van der Waals surface area contributed by atoms with Crippen LogP contribution in [0.3, 0.4) is 0 Å². The van der Waals surface area contributed by atoms with Gasteiger partial charge in [0.05, 0.1) is 92.5 Å². The van der Waals surface area contributed by atoms with Crippen LogP contribution < -0.4 is 5.32 Å². The number of carboxylic acids is 1. The number of ether oxygens (including phenoxy) is 8. The molecule has 0 aliphatic heterocycles. The molecular formula is C21H39NO11. The van der Waals surface area contributed by atoms with E-state index in [1.165, 1.54) is 0 Å². The van der Waals surface area contributed by atoms with Gasteiger partial charge in [-0.2, -0.15) is 0 Å². The Kier molecular flexibility index (Phi) is 25.3. The number of aliphatic carboxylic acids is 1. The Morgan fingerprint density at radius 1 is 0.606 bits per heavy atom. The van der Waals surface area contributed by atoms with Crippen LogP contribution in [0.25, 0.3) is 0 Å². The molecule has 0 fully saturated rings. The Morgan fingerprint density at radius 3 is 1.39 bits per heavy atom. The fourth-order valence-electron chi connectivity index (χ4n) is 2.03. The molecule has 0 aromatic heterocycles. The van der Waals surface area contributed by atoms with Crippen molar-refractivity contribution >= 4 is 11.9 Å². The van der Waals surface area contributed by atoms with Crippen molar-refractivity contribution in [1.82, 2.24) is 5.32 Å². The molecule has 0 unspecified atom stereocenters. The molecule has 0 aromatic rings. The Hall–Kier alpha value is -1.64. The molecule has 0 aliphatic rings. The summed E-state index contributed by atoms with van der Waals surface area (Å²) < 4.78 is 42.0. The van der Waals surface area contributed by atoms with Gasteiger partial charge < -0.3 is 48.3 Å². The van der Waals surface area contributed by atoms with E-state index in [9.17, 15) is 9.59 Å². The Labute approximate surface area is 195 Å². The number of carbonyl (C=O) groups is 2. The zero-order valence-electron chi connectivity index (χ0n) is 19.3. The molecule has 0 atom stereocenters. The maximum Gasteiger partial charge on any atom is 0.329 e. The van der Waals surface area contributed by atoms with E-state index in [-0.39, 0.29) is 6.61 Å². The standard InChI is InChI=1S/C21H39NO11/c1-2-4-26-6-8-28-10-12-30-14-16-32-17-15-31-13-11-29-9-7-27-5-3-22-20(23)18-33-19-21(24)25/h2H,1,3-19H2,(H,22,23)(H,24,25). The molecule has 0 radical (unpaired) electrons. The maximum absolute atomic E-state index is 11.3. The smallest absolute Gasteiger partial charge is 0.329 e. The second-order valence-electron chi connectivity index (χ2n) is 6.27. The normalized spacial score (nSPS) is 10.9. The molecule has 0 saturated carbocycles. The Bertz CT molecular complexity index is 465. The number of hydrogen-bond acceptors (Lipinski definition) is 10. The van der Waals surface area contributed by atoms with E-state index < -0.39 is 18.5 Å². The summed E-state index contributed by atoms with van der Waals surface area (Å²) in [5.74, 6) is -1.51. The van der Waals surface area contributed by atoms with Crippen molar-refractivity contribution in [2.75, 3.05) is 112 Å². The van der Waals surface area contributed by atoms with Gasteiger partial charge in [-0.15, -0.1) is 6.58 Å². The van der Waals surface area contributed by atoms with Gasteiger partial charge in [0.25, 0.3) is 0 Å². The molecule has 194 valence electrons. The first-order chi connectivity index (χ1) is 16.2. The highest BCUT2D eigenvalue weighted by Gasteiger charge is 2.03. The summed E-state index contributed by atoms with van der Waals surface area (Å²) in [6.45, 7) is 9.72. The van der Waals surface area contributed by atoms with Crippen LogP contribution in [-0.2, 0) is 47.5 Å². The quantitative estimate of drug-likeness (QED) is 0.116. The molecule has 0 aliphatic carbocycles. The molecule has 2 N–H and O–H groups in total. The Balaban J connectivity index is 3.09. The van der Waals surface area contributed by atoms with Gasteiger partial charge in [0.15, 0.2) is 0 Å². The lowest BCUT2D eigenvalue weighted by atomic mass is 10.6. The average molecular weight is 482 g/mol. The second-order valence-corrected chi connectivity index (χ2v) is 6.27. The van der Waals surface area contributed by atoms with E-state index in [2.05, 4.69) is 16.6 Å². The number of carboxylic acid groups (broad SMARTS) is 1. The van der Waals surface area contributed by atoms with Gasteiger partial charge in [0.2, 0.25) is 5.91 Å². The van der Waals surface area contributed by atoms with Gasteiger partial charge in [-0.05, 0) is 0 Å². The molecule has 33 heavy (non-hydrogen) atoms. The van der Waals surface area contributed by atoms with E-state index >= 15 is 0 Å². The second kappa shape index (κ2) is 26.6. The highest BCUT2D eigenvalue weighted by Crippen LogP contribution is 1.85. The highest BCUT2D eigenvalue weighted by molar-refractivity contribution is 5.77. The molecule has 12 nitrogen and oxygen atoms in total. The van der Waals surface area contributed by atoms with Crippen LogP contribution in [0.4, 0.5) is 0 Å². The van der Waals surface area contributed by atoms with E-state index in [1.807, 2.05) is 0 Å². The molecular weight excluding hydrogens is 442 g/mol. The molecule has 0 spiro atoms. The molecule has 0 heterocycles. The number of nitrogens with one attached hydrogen (secondary N) is 1. The van der Waals surface area contributed by atoms with Crippen molar-refractivity contribution in [2.24, 2.45) is 0 Å². The van der Waals surface area contributed by atoms with Crippen molar-refractivity contribution < 1.29 is 52.6 Å². The van der Waals surface area contributed by atoms with E-state index in [0.29, 0.717) is 99.0 Å². The summed E-state index contributed by atoms with van der Waals surface area (Å²) >= 11 is 0. The summed E-state index contributed by atoms with van der Waals surface area (Å²) in [5.41, 5.74) is 0. The highest BCUT2D eigenvalue weighted by atomic mass is 16.6. The van der Waals surface area contributed by atoms with Crippen LogP contribution in [0.5, 0.6) is 0 Å². The first-order valence-corrected chi connectivity index (χ1v) is 10.9. The third-order valence-corrected chi connectivity index (χ3v) is 3.50. The number of amides is 1. The van der Waals surface area contributed by atoms with Gasteiger partial charge in [0.1, 0.15) is 13.2 Å². The zero-order valence-corrected chi connectivity index (χ0v) is 19.3. The number of rotatable bonds is 27. The van der Waals surface area contributed by atoms with Gasteiger partial charge in [-0.3, -0.25) is 4.79 Å². The van der Waals surface area contributed by atoms with Crippen molar-refractivity contribution in [3.63, 3.8) is 0 Å². The number of carbonyl (C=O) groups excluding carboxylic acids is 1. The predicted molar refractivity (Wildman–Crippen MR) is 117 cm³/mol. The first kappa shape index (κ1) is 31.4. The van der Waals surface area contributed by atoms with Crippen LogP contribution in [0.1, 0.15) is 0 Å². The molecule has 0 aromatic carbocycles. The van der Waals surface area contributed by atoms with Crippen LogP contribution in [-0.4, -0.2) is 129 Å². The molecule has 1 amide bonds. The minimum atomic E-state index is -1.12. The lowest BCUT2D eigenvalue weighted by molar-refractivity contribution is -0.143. The summed E-state index contributed by atoms with van der Waals surface area (Å²) in [6.07, 6.45) is 1.70.